The Bertz CT molecular complexity index is 1720. The zero-order valence-corrected chi connectivity index (χ0v) is 21.3. The molecule has 0 atom stereocenters. The van der Waals surface area contributed by atoms with E-state index >= 15 is 0 Å². The van der Waals surface area contributed by atoms with Crippen LogP contribution in [0.4, 0.5) is 29.1 Å². The van der Waals surface area contributed by atoms with Crippen molar-refractivity contribution >= 4 is 35.0 Å². The monoisotopic (exact) mass is 570 g/mol. The number of rotatable bonds is 8. The molecule has 14 heteroatoms. The Morgan fingerprint density at radius 2 is 1.80 bits per heavy atom. The Hall–Kier alpha value is -5.40. The molecule has 0 aliphatic heterocycles. The van der Waals surface area contributed by atoms with Crippen LogP contribution < -0.4 is 20.9 Å². The van der Waals surface area contributed by atoms with Crippen LogP contribution in [0, 0.1) is 18.6 Å². The number of pyridine rings is 1. The summed E-state index contributed by atoms with van der Waals surface area (Å²) in [4.78, 5) is 28.3. The lowest BCUT2D eigenvalue weighted by Crippen LogP contribution is -2.09. The Labute approximate surface area is 229 Å². The van der Waals surface area contributed by atoms with E-state index in [0.717, 1.165) is 12.1 Å². The van der Waals surface area contributed by atoms with Gasteiger partial charge < -0.3 is 30.7 Å². The van der Waals surface area contributed by atoms with E-state index in [2.05, 4.69) is 15.1 Å². The van der Waals surface area contributed by atoms with E-state index in [9.17, 15) is 22.4 Å². The summed E-state index contributed by atoms with van der Waals surface area (Å²) in [7, 11) is 0. The number of anilines is 2. The van der Waals surface area contributed by atoms with Gasteiger partial charge in [0.1, 0.15) is 25.0 Å². The third-order valence-corrected chi connectivity index (χ3v) is 5.82. The number of benzene rings is 2. The third-order valence-electron chi connectivity index (χ3n) is 5.82. The SMILES string of the molecule is C=O.Cc1cc(Oc2c(F)cccc2F)ncc1-n1ncc(C(=O)c2cc3cc(OCC(F)F)c(N)cc3[nH]2)c1N. The van der Waals surface area contributed by atoms with E-state index < -0.39 is 36.2 Å². The van der Waals surface area contributed by atoms with Gasteiger partial charge in [-0.25, -0.2) is 27.2 Å². The van der Waals surface area contributed by atoms with Crippen molar-refractivity contribution < 1.29 is 36.6 Å². The van der Waals surface area contributed by atoms with Crippen LogP contribution in [0.2, 0.25) is 0 Å². The number of nitrogens with one attached hydrogen (secondary N) is 1. The summed E-state index contributed by atoms with van der Waals surface area (Å²) in [5.74, 6) is -2.81. The molecule has 2 aromatic carbocycles. The Balaban J connectivity index is 0.00000189. The van der Waals surface area contributed by atoms with E-state index in [-0.39, 0.29) is 34.4 Å². The number of H-pyrrole nitrogens is 1. The average Bonchev–Trinajstić information content (AvgIpc) is 3.53. The summed E-state index contributed by atoms with van der Waals surface area (Å²) >= 11 is 0. The number of alkyl halides is 2. The maximum absolute atomic E-state index is 13.9. The molecule has 0 fully saturated rings. The minimum Gasteiger partial charge on any atom is -0.485 e. The maximum Gasteiger partial charge on any atom is 0.272 e. The van der Waals surface area contributed by atoms with Gasteiger partial charge in [0.25, 0.3) is 6.43 Å². The van der Waals surface area contributed by atoms with E-state index in [1.54, 1.807) is 6.92 Å². The second-order valence-electron chi connectivity index (χ2n) is 8.51. The summed E-state index contributed by atoms with van der Waals surface area (Å²) in [6, 6.07) is 9.23. The smallest absolute Gasteiger partial charge is 0.272 e. The van der Waals surface area contributed by atoms with Gasteiger partial charge in [-0.15, -0.1) is 0 Å². The summed E-state index contributed by atoms with van der Waals surface area (Å²) in [6.45, 7) is 2.86. The van der Waals surface area contributed by atoms with Gasteiger partial charge in [-0.2, -0.15) is 5.10 Å². The number of fused-ring (bicyclic) bond motifs is 1. The molecule has 41 heavy (non-hydrogen) atoms. The summed E-state index contributed by atoms with van der Waals surface area (Å²) in [6.07, 6.45) is -0.0403. The molecule has 5 aromatic rings. The number of nitrogens with two attached hydrogens (primary N) is 2. The standard InChI is InChI=1S/C26H20F4N6O3.CH2O/c1-12-5-23(39-25-15(27)3-2-4-16(25)28)33-10-20(12)36-26(32)14(9-34-36)24(37)19-6-13-7-21(38-11-22(29)30)17(31)8-18(13)35-19;1-2/h2-10,22,35H,11,31-32H2,1H3;1H2. The molecule has 0 saturated heterocycles. The van der Waals surface area contributed by atoms with Crippen LogP contribution in [0.15, 0.2) is 54.9 Å². The van der Waals surface area contributed by atoms with E-state index in [4.69, 9.17) is 25.7 Å². The molecule has 0 bridgehead atoms. The molecule has 0 unspecified atom stereocenters. The molecule has 5 N–H and O–H groups in total. The third kappa shape index (κ3) is 5.80. The molecule has 0 aliphatic carbocycles. The lowest BCUT2D eigenvalue weighted by atomic mass is 10.1. The summed E-state index contributed by atoms with van der Waals surface area (Å²) < 4.78 is 64.5. The molecule has 3 aromatic heterocycles. The summed E-state index contributed by atoms with van der Waals surface area (Å²) in [5, 5.41) is 4.72. The zero-order chi connectivity index (χ0) is 29.8. The van der Waals surface area contributed by atoms with E-state index in [0.29, 0.717) is 22.2 Å². The molecular formula is C27H22F4N6O4. The second-order valence-corrected chi connectivity index (χ2v) is 8.51. The number of halogens is 4. The number of ketones is 1. The number of nitrogens with zero attached hydrogens (tertiary/aromatic N) is 3. The molecule has 3 heterocycles. The lowest BCUT2D eigenvalue weighted by molar-refractivity contribution is -0.0980. The van der Waals surface area contributed by atoms with Crippen LogP contribution in [0.25, 0.3) is 16.6 Å². The predicted molar refractivity (Wildman–Crippen MR) is 142 cm³/mol. The highest BCUT2D eigenvalue weighted by molar-refractivity contribution is 6.12. The van der Waals surface area contributed by atoms with Gasteiger partial charge in [0.05, 0.1) is 35.0 Å². The molecule has 0 amide bonds. The van der Waals surface area contributed by atoms with Gasteiger partial charge in [0, 0.05) is 17.0 Å². The average molecular weight is 571 g/mol. The Kier molecular flexibility index (Phi) is 8.21. The number of hydrogen-bond acceptors (Lipinski definition) is 8. The number of nitrogen functional groups attached to an aromatic ring is 2. The highest BCUT2D eigenvalue weighted by Gasteiger charge is 2.22. The lowest BCUT2D eigenvalue weighted by Gasteiger charge is -2.11. The number of carbonyl (C=O) groups is 2. The van der Waals surface area contributed by atoms with E-state index in [1.165, 1.54) is 47.4 Å². The first kappa shape index (κ1) is 28.6. The topological polar surface area (TPSA) is 151 Å². The van der Waals surface area contributed by atoms with Gasteiger partial charge in [0.2, 0.25) is 17.4 Å². The van der Waals surface area contributed by atoms with Crippen molar-refractivity contribution in [2.24, 2.45) is 0 Å². The van der Waals surface area contributed by atoms with Crippen LogP contribution in [0.3, 0.4) is 0 Å². The fraction of sp³-hybridized carbons (Fsp3) is 0.111. The first-order valence-corrected chi connectivity index (χ1v) is 11.7. The maximum atomic E-state index is 13.9. The minimum absolute atomic E-state index is 0.0119. The Morgan fingerprint density at radius 3 is 2.46 bits per heavy atom. The quantitative estimate of drug-likeness (QED) is 0.134. The van der Waals surface area contributed by atoms with E-state index in [1.807, 2.05) is 6.79 Å². The number of ether oxygens (including phenoxy) is 2. The molecule has 0 radical (unpaired) electrons. The predicted octanol–water partition coefficient (Wildman–Crippen LogP) is 4.98. The van der Waals surface area contributed by atoms with Gasteiger partial charge in [0.15, 0.2) is 11.6 Å². The number of aromatic nitrogens is 4. The van der Waals surface area contributed by atoms with Crippen LogP contribution >= 0.6 is 0 Å². The van der Waals surface area contributed by atoms with Crippen LogP contribution in [-0.4, -0.2) is 45.4 Å². The van der Waals surface area contributed by atoms with Gasteiger partial charge in [-0.05, 0) is 42.8 Å². The normalized spacial score (nSPS) is 10.9. The number of aryl methyl sites for hydroxylation is 1. The van der Waals surface area contributed by atoms with Crippen molar-refractivity contribution in [2.75, 3.05) is 18.1 Å². The molecule has 10 nitrogen and oxygen atoms in total. The highest BCUT2D eigenvalue weighted by atomic mass is 19.3. The number of hydrogen-bond donors (Lipinski definition) is 3. The van der Waals surface area contributed by atoms with Gasteiger partial charge >= 0.3 is 0 Å². The largest absolute Gasteiger partial charge is 0.485 e. The molecule has 0 saturated carbocycles. The molecule has 0 aliphatic rings. The van der Waals surface area contributed by atoms with Crippen molar-refractivity contribution in [3.63, 3.8) is 0 Å². The second kappa shape index (κ2) is 11.8. The molecule has 0 spiro atoms. The fourth-order valence-corrected chi connectivity index (χ4v) is 3.93. The minimum atomic E-state index is -2.67. The van der Waals surface area contributed by atoms with Gasteiger partial charge in [-0.1, -0.05) is 6.07 Å². The van der Waals surface area contributed by atoms with Crippen molar-refractivity contribution in [3.05, 3.63) is 83.3 Å². The number of carbonyl (C=O) groups excluding carboxylic acids is 2. The molecule has 212 valence electrons. The van der Waals surface area contributed by atoms with Crippen molar-refractivity contribution in [2.45, 2.75) is 13.3 Å². The van der Waals surface area contributed by atoms with Crippen LogP contribution in [0.5, 0.6) is 17.4 Å². The number of para-hydroxylation sites is 1. The van der Waals surface area contributed by atoms with Crippen molar-refractivity contribution in [3.8, 4) is 23.1 Å². The summed E-state index contributed by atoms with van der Waals surface area (Å²) in [5.41, 5.74) is 13.9. The first-order valence-electron chi connectivity index (χ1n) is 11.7. The fourth-order valence-electron chi connectivity index (χ4n) is 3.93. The Morgan fingerprint density at radius 1 is 1.10 bits per heavy atom. The van der Waals surface area contributed by atoms with Gasteiger partial charge in [-0.3, -0.25) is 4.79 Å². The molecular weight excluding hydrogens is 548 g/mol. The van der Waals surface area contributed by atoms with Crippen molar-refractivity contribution in [1.82, 2.24) is 19.7 Å². The molecule has 5 rings (SSSR count). The van der Waals surface area contributed by atoms with Crippen molar-refractivity contribution in [1.29, 1.82) is 0 Å². The zero-order valence-electron chi connectivity index (χ0n) is 21.3. The number of aromatic amines is 1. The highest BCUT2D eigenvalue weighted by Crippen LogP contribution is 2.31. The van der Waals surface area contributed by atoms with Crippen LogP contribution in [-0.2, 0) is 4.79 Å². The van der Waals surface area contributed by atoms with Crippen LogP contribution in [0.1, 0.15) is 21.6 Å². The first-order chi connectivity index (χ1) is 19.6.